The zero-order chi connectivity index (χ0) is 11.6. The van der Waals surface area contributed by atoms with Crippen LogP contribution in [0.15, 0.2) is 30.9 Å². The Morgan fingerprint density at radius 2 is 2.00 bits per heavy atom. The predicted octanol–water partition coefficient (Wildman–Crippen LogP) is 4.44. The number of alkyl halides is 3. The first kappa shape index (κ1) is 12.5. The van der Waals surface area contributed by atoms with Gasteiger partial charge in [0.05, 0.1) is 5.56 Å². The van der Waals surface area contributed by atoms with Crippen LogP contribution in [-0.4, -0.2) is 0 Å². The fourth-order valence-electron chi connectivity index (χ4n) is 1.25. The van der Waals surface area contributed by atoms with E-state index in [-0.39, 0.29) is 9.13 Å². The van der Waals surface area contributed by atoms with Gasteiger partial charge in [-0.15, -0.1) is 6.58 Å². The molecule has 0 saturated heterocycles. The van der Waals surface area contributed by atoms with Crippen LogP contribution < -0.4 is 0 Å². The van der Waals surface area contributed by atoms with E-state index in [1.807, 2.05) is 0 Å². The first-order valence-corrected chi connectivity index (χ1v) is 5.28. The van der Waals surface area contributed by atoms with Gasteiger partial charge in [0.25, 0.3) is 0 Å². The summed E-state index contributed by atoms with van der Waals surface area (Å²) in [6.45, 7) is 5.10. The standard InChI is InChI=1S/C11H9F3I/c1-3-7(2)8-5-4-6-9(15)10(8)11(12,13)14/h3-6H,1H2,2H3. The zero-order valence-corrected chi connectivity index (χ0v) is 10.2. The number of halogens is 4. The average molecular weight is 325 g/mol. The van der Waals surface area contributed by atoms with Crippen molar-refractivity contribution in [1.29, 1.82) is 0 Å². The summed E-state index contributed by atoms with van der Waals surface area (Å²) in [6.07, 6.45) is -2.89. The third-order valence-corrected chi connectivity index (χ3v) is 2.93. The second-order valence-electron chi connectivity index (χ2n) is 3.05. The van der Waals surface area contributed by atoms with Crippen molar-refractivity contribution in [2.24, 2.45) is 0 Å². The highest BCUT2D eigenvalue weighted by Crippen LogP contribution is 2.38. The van der Waals surface area contributed by atoms with Crippen LogP contribution in [0.2, 0.25) is 0 Å². The second kappa shape index (κ2) is 4.55. The molecule has 0 aliphatic rings. The molecule has 0 spiro atoms. The molecule has 0 aliphatic heterocycles. The maximum Gasteiger partial charge on any atom is 0.417 e. The van der Waals surface area contributed by atoms with Crippen LogP contribution in [0.1, 0.15) is 18.1 Å². The van der Waals surface area contributed by atoms with Gasteiger partial charge < -0.3 is 0 Å². The smallest absolute Gasteiger partial charge is 0.166 e. The Balaban J connectivity index is 3.39. The summed E-state index contributed by atoms with van der Waals surface area (Å²) in [5.74, 6) is 0.529. The van der Waals surface area contributed by atoms with Gasteiger partial charge in [-0.05, 0) is 34.2 Å². The zero-order valence-electron chi connectivity index (χ0n) is 8.03. The average Bonchev–Trinajstić information content (AvgIpc) is 2.14. The van der Waals surface area contributed by atoms with Gasteiger partial charge >= 0.3 is 6.18 Å². The van der Waals surface area contributed by atoms with E-state index in [0.717, 1.165) is 0 Å². The van der Waals surface area contributed by atoms with E-state index in [2.05, 4.69) is 6.58 Å². The molecule has 0 heterocycles. The number of hydrogen-bond donors (Lipinski definition) is 0. The molecular weight excluding hydrogens is 316 g/mol. The highest BCUT2D eigenvalue weighted by atomic mass is 127. The fraction of sp³-hybridized carbons (Fsp3) is 0.182. The first-order valence-electron chi connectivity index (χ1n) is 4.20. The van der Waals surface area contributed by atoms with E-state index < -0.39 is 11.7 Å². The summed E-state index contributed by atoms with van der Waals surface area (Å²) in [5.41, 5.74) is -0.382. The minimum absolute atomic E-state index is 0.199. The molecule has 15 heavy (non-hydrogen) atoms. The Morgan fingerprint density at radius 1 is 1.40 bits per heavy atom. The summed E-state index contributed by atoms with van der Waals surface area (Å²) in [5, 5.41) is 0. The lowest BCUT2D eigenvalue weighted by Gasteiger charge is -2.16. The number of hydrogen-bond acceptors (Lipinski definition) is 0. The van der Waals surface area contributed by atoms with E-state index in [1.54, 1.807) is 35.6 Å². The highest BCUT2D eigenvalue weighted by molar-refractivity contribution is 14.1. The molecule has 0 fully saturated rings. The molecular formula is C11H9F3I. The van der Waals surface area contributed by atoms with Crippen molar-refractivity contribution in [2.75, 3.05) is 0 Å². The van der Waals surface area contributed by atoms with Gasteiger partial charge in [0, 0.05) is 9.49 Å². The Labute approximate surface area is 100 Å². The minimum Gasteiger partial charge on any atom is -0.166 e. The van der Waals surface area contributed by atoms with Crippen LogP contribution in [-0.2, 0) is 6.18 Å². The van der Waals surface area contributed by atoms with Crippen molar-refractivity contribution in [3.63, 3.8) is 0 Å². The summed E-state index contributed by atoms with van der Waals surface area (Å²) in [4.78, 5) is 0. The molecule has 0 saturated carbocycles. The van der Waals surface area contributed by atoms with Crippen LogP contribution in [0, 0.1) is 9.49 Å². The number of rotatable bonds is 2. The molecule has 1 aromatic carbocycles. The summed E-state index contributed by atoms with van der Waals surface area (Å²) in [6, 6.07) is 4.52. The monoisotopic (exact) mass is 325 g/mol. The molecule has 1 rings (SSSR count). The van der Waals surface area contributed by atoms with Gasteiger partial charge in [-0.3, -0.25) is 0 Å². The molecule has 4 heteroatoms. The number of allylic oxidation sites excluding steroid dienone is 1. The SMILES string of the molecule is C=C[C](C)c1cccc(I)c1C(F)(F)F. The van der Waals surface area contributed by atoms with E-state index in [0.29, 0.717) is 5.92 Å². The van der Waals surface area contributed by atoms with Crippen LogP contribution >= 0.6 is 22.6 Å². The molecule has 81 valence electrons. The topological polar surface area (TPSA) is 0 Å². The molecule has 0 amide bonds. The molecule has 0 aromatic heterocycles. The van der Waals surface area contributed by atoms with Crippen molar-refractivity contribution in [1.82, 2.24) is 0 Å². The van der Waals surface area contributed by atoms with Gasteiger partial charge in [-0.25, -0.2) is 0 Å². The second-order valence-corrected chi connectivity index (χ2v) is 4.21. The highest BCUT2D eigenvalue weighted by Gasteiger charge is 2.36. The Morgan fingerprint density at radius 3 is 2.47 bits per heavy atom. The molecule has 1 radical (unpaired) electrons. The maximum absolute atomic E-state index is 12.8. The van der Waals surface area contributed by atoms with Crippen LogP contribution in [0.5, 0.6) is 0 Å². The summed E-state index contributed by atoms with van der Waals surface area (Å²) >= 11 is 1.69. The molecule has 0 N–H and O–H groups in total. The Hall–Kier alpha value is -0.520. The van der Waals surface area contributed by atoms with Gasteiger partial charge in [-0.1, -0.05) is 25.1 Å². The number of benzene rings is 1. The maximum atomic E-state index is 12.8. The largest absolute Gasteiger partial charge is 0.417 e. The van der Waals surface area contributed by atoms with Crippen LogP contribution in [0.3, 0.4) is 0 Å². The molecule has 0 bridgehead atoms. The van der Waals surface area contributed by atoms with E-state index >= 15 is 0 Å². The van der Waals surface area contributed by atoms with Gasteiger partial charge in [-0.2, -0.15) is 13.2 Å². The quantitative estimate of drug-likeness (QED) is 0.705. The van der Waals surface area contributed by atoms with E-state index in [9.17, 15) is 13.2 Å². The molecule has 0 atom stereocenters. The fourth-order valence-corrected chi connectivity index (χ4v) is 2.05. The molecule has 0 unspecified atom stereocenters. The Kier molecular flexibility index (Phi) is 3.81. The van der Waals surface area contributed by atoms with Crippen molar-refractivity contribution < 1.29 is 13.2 Å². The summed E-state index contributed by atoms with van der Waals surface area (Å²) in [7, 11) is 0. The summed E-state index contributed by atoms with van der Waals surface area (Å²) < 4.78 is 38.5. The van der Waals surface area contributed by atoms with E-state index in [1.165, 1.54) is 18.2 Å². The van der Waals surface area contributed by atoms with Gasteiger partial charge in [0.1, 0.15) is 0 Å². The molecule has 0 aliphatic carbocycles. The molecule has 0 nitrogen and oxygen atoms in total. The third-order valence-electron chi connectivity index (χ3n) is 2.03. The first-order chi connectivity index (χ1) is 6.88. The lowest BCUT2D eigenvalue weighted by Crippen LogP contribution is -2.12. The minimum atomic E-state index is -4.32. The van der Waals surface area contributed by atoms with Gasteiger partial charge in [0.15, 0.2) is 0 Å². The normalized spacial score (nSPS) is 11.9. The van der Waals surface area contributed by atoms with E-state index in [4.69, 9.17) is 0 Å². The van der Waals surface area contributed by atoms with Crippen molar-refractivity contribution in [2.45, 2.75) is 13.1 Å². The predicted molar refractivity (Wildman–Crippen MR) is 62.4 cm³/mol. The molecule has 1 aromatic rings. The van der Waals surface area contributed by atoms with Crippen LogP contribution in [0.25, 0.3) is 0 Å². The van der Waals surface area contributed by atoms with Gasteiger partial charge in [0.2, 0.25) is 0 Å². The lowest BCUT2D eigenvalue weighted by molar-refractivity contribution is -0.138. The third kappa shape index (κ3) is 2.74. The van der Waals surface area contributed by atoms with Crippen molar-refractivity contribution in [3.05, 3.63) is 51.5 Å². The van der Waals surface area contributed by atoms with Crippen molar-refractivity contribution >= 4 is 22.6 Å². The van der Waals surface area contributed by atoms with Crippen molar-refractivity contribution in [3.8, 4) is 0 Å². The van der Waals surface area contributed by atoms with Crippen LogP contribution in [0.4, 0.5) is 13.2 Å². The Bertz CT molecular complexity index is 369. The lowest BCUT2D eigenvalue weighted by atomic mass is 9.95.